The first-order valence-corrected chi connectivity index (χ1v) is 7.39. The van der Waals surface area contributed by atoms with Gasteiger partial charge in [-0.3, -0.25) is 4.79 Å². The van der Waals surface area contributed by atoms with Crippen LogP contribution in [0.4, 0.5) is 5.69 Å². The van der Waals surface area contributed by atoms with Crippen LogP contribution in [0, 0.1) is 11.3 Å². The number of rotatable bonds is 4. The molecule has 23 heavy (non-hydrogen) atoms. The third kappa shape index (κ3) is 4.11. The number of nitrogens with one attached hydrogen (secondary N) is 1. The third-order valence-corrected chi connectivity index (χ3v) is 3.68. The van der Waals surface area contributed by atoms with Crippen LogP contribution in [0.15, 0.2) is 52.5 Å². The van der Waals surface area contributed by atoms with E-state index in [1.807, 2.05) is 12.1 Å². The van der Waals surface area contributed by atoms with E-state index < -0.39 is 5.91 Å². The van der Waals surface area contributed by atoms with Gasteiger partial charge < -0.3 is 15.2 Å². The lowest BCUT2D eigenvalue weighted by molar-refractivity contribution is -0.112. The summed E-state index contributed by atoms with van der Waals surface area (Å²) in [5.74, 6) is -0.304. The summed E-state index contributed by atoms with van der Waals surface area (Å²) in [5, 5.41) is 21.6. The van der Waals surface area contributed by atoms with Crippen LogP contribution >= 0.6 is 15.9 Å². The number of methoxy groups -OCH3 is 1. The largest absolute Gasteiger partial charge is 0.504 e. The predicted molar refractivity (Wildman–Crippen MR) is 91.0 cm³/mol. The van der Waals surface area contributed by atoms with Gasteiger partial charge in [-0.15, -0.1) is 0 Å². The van der Waals surface area contributed by atoms with Gasteiger partial charge in [0.2, 0.25) is 0 Å². The van der Waals surface area contributed by atoms with Crippen molar-refractivity contribution >= 4 is 33.6 Å². The molecule has 5 nitrogen and oxygen atoms in total. The number of hydrogen-bond acceptors (Lipinski definition) is 4. The van der Waals surface area contributed by atoms with E-state index in [0.717, 1.165) is 0 Å². The van der Waals surface area contributed by atoms with Gasteiger partial charge in [-0.05, 0) is 35.9 Å². The average molecular weight is 373 g/mol. The Bertz CT molecular complexity index is 795. The fourth-order valence-electron chi connectivity index (χ4n) is 1.86. The van der Waals surface area contributed by atoms with Crippen molar-refractivity contribution < 1.29 is 14.6 Å². The molecule has 0 atom stereocenters. The zero-order valence-electron chi connectivity index (χ0n) is 12.2. The minimum Gasteiger partial charge on any atom is -0.504 e. The molecule has 116 valence electrons. The van der Waals surface area contributed by atoms with Crippen LogP contribution in [0.5, 0.6) is 11.5 Å². The number of aromatic hydroxyl groups is 1. The summed E-state index contributed by atoms with van der Waals surface area (Å²) < 4.78 is 5.57. The first-order chi connectivity index (χ1) is 11.0. The van der Waals surface area contributed by atoms with E-state index in [9.17, 15) is 15.2 Å². The molecule has 2 N–H and O–H groups in total. The zero-order valence-corrected chi connectivity index (χ0v) is 13.8. The Morgan fingerprint density at radius 3 is 2.65 bits per heavy atom. The number of nitrogens with zero attached hydrogens (tertiary/aromatic N) is 1. The number of carbonyl (C=O) groups is 1. The van der Waals surface area contributed by atoms with Crippen molar-refractivity contribution in [2.24, 2.45) is 0 Å². The molecule has 0 aliphatic rings. The molecule has 2 aromatic rings. The second-order valence-electron chi connectivity index (χ2n) is 4.54. The molecule has 0 radical (unpaired) electrons. The van der Waals surface area contributed by atoms with Gasteiger partial charge in [-0.1, -0.05) is 34.1 Å². The lowest BCUT2D eigenvalue weighted by atomic mass is 10.1. The van der Waals surface area contributed by atoms with Crippen molar-refractivity contribution in [1.29, 1.82) is 5.26 Å². The van der Waals surface area contributed by atoms with Crippen LogP contribution in [0.3, 0.4) is 0 Å². The molecule has 0 saturated heterocycles. The number of phenolic OH excluding ortho intramolecular Hbond substituents is 1. The molecule has 0 fully saturated rings. The molecule has 0 aliphatic carbocycles. The van der Waals surface area contributed by atoms with E-state index in [1.54, 1.807) is 24.3 Å². The molecule has 0 spiro atoms. The first-order valence-electron chi connectivity index (χ1n) is 6.60. The first kappa shape index (κ1) is 16.6. The maximum atomic E-state index is 12.2. The maximum Gasteiger partial charge on any atom is 0.266 e. The molecule has 0 aromatic heterocycles. The number of nitriles is 1. The Morgan fingerprint density at radius 2 is 2.04 bits per heavy atom. The van der Waals surface area contributed by atoms with Crippen molar-refractivity contribution in [3.63, 3.8) is 0 Å². The molecule has 0 heterocycles. The SMILES string of the molecule is COc1cc(/C=C(/C#N)C(=O)Nc2ccccc2)c(Br)cc1O. The Balaban J connectivity index is 2.32. The van der Waals surface area contributed by atoms with E-state index in [-0.39, 0.29) is 17.1 Å². The van der Waals surface area contributed by atoms with Gasteiger partial charge in [-0.25, -0.2) is 0 Å². The quantitative estimate of drug-likeness (QED) is 0.632. The number of halogens is 1. The number of benzene rings is 2. The minimum atomic E-state index is -0.516. The Kier molecular flexibility index (Phi) is 5.39. The molecule has 0 unspecified atom stereocenters. The number of carbonyl (C=O) groups excluding carboxylic acids is 1. The van der Waals surface area contributed by atoms with Crippen molar-refractivity contribution in [2.45, 2.75) is 0 Å². The van der Waals surface area contributed by atoms with Gasteiger partial charge in [0.05, 0.1) is 7.11 Å². The molecule has 0 saturated carbocycles. The second kappa shape index (κ2) is 7.47. The van der Waals surface area contributed by atoms with Gasteiger partial charge in [-0.2, -0.15) is 5.26 Å². The van der Waals surface area contributed by atoms with Gasteiger partial charge in [0, 0.05) is 10.2 Å². The van der Waals surface area contributed by atoms with Crippen LogP contribution < -0.4 is 10.1 Å². The van der Waals surface area contributed by atoms with Crippen LogP contribution in [0.25, 0.3) is 6.08 Å². The zero-order chi connectivity index (χ0) is 16.8. The highest BCUT2D eigenvalue weighted by Crippen LogP contribution is 2.33. The summed E-state index contributed by atoms with van der Waals surface area (Å²) in [5.41, 5.74) is 1.07. The molecule has 2 aromatic carbocycles. The maximum absolute atomic E-state index is 12.2. The van der Waals surface area contributed by atoms with Crippen LogP contribution in [0.2, 0.25) is 0 Å². The summed E-state index contributed by atoms with van der Waals surface area (Å²) in [6.07, 6.45) is 1.42. The summed E-state index contributed by atoms with van der Waals surface area (Å²) in [4.78, 5) is 12.2. The van der Waals surface area contributed by atoms with E-state index in [1.165, 1.54) is 25.3 Å². The topological polar surface area (TPSA) is 82.3 Å². The van der Waals surface area contributed by atoms with E-state index >= 15 is 0 Å². The lowest BCUT2D eigenvalue weighted by Gasteiger charge is -2.08. The summed E-state index contributed by atoms with van der Waals surface area (Å²) >= 11 is 3.28. The smallest absolute Gasteiger partial charge is 0.266 e. The van der Waals surface area contributed by atoms with E-state index in [4.69, 9.17) is 4.74 Å². The van der Waals surface area contributed by atoms with Crippen molar-refractivity contribution in [3.05, 3.63) is 58.1 Å². The van der Waals surface area contributed by atoms with Crippen molar-refractivity contribution in [2.75, 3.05) is 12.4 Å². The number of amides is 1. The lowest BCUT2D eigenvalue weighted by Crippen LogP contribution is -2.13. The molecule has 2 rings (SSSR count). The predicted octanol–water partition coefficient (Wildman–Crippen LogP) is 3.71. The monoisotopic (exact) mass is 372 g/mol. The fraction of sp³-hybridized carbons (Fsp3) is 0.0588. The van der Waals surface area contributed by atoms with E-state index in [0.29, 0.717) is 15.7 Å². The van der Waals surface area contributed by atoms with Gasteiger partial charge >= 0.3 is 0 Å². The Labute approximate surface area is 142 Å². The second-order valence-corrected chi connectivity index (χ2v) is 5.39. The third-order valence-electron chi connectivity index (χ3n) is 2.99. The molecule has 6 heteroatoms. The molecular weight excluding hydrogens is 360 g/mol. The van der Waals surface area contributed by atoms with Crippen molar-refractivity contribution in [3.8, 4) is 17.6 Å². The highest BCUT2D eigenvalue weighted by molar-refractivity contribution is 9.10. The number of hydrogen-bond donors (Lipinski definition) is 2. The Hall–Kier alpha value is -2.78. The molecule has 0 bridgehead atoms. The fourth-order valence-corrected chi connectivity index (χ4v) is 2.30. The van der Waals surface area contributed by atoms with Gasteiger partial charge in [0.1, 0.15) is 11.6 Å². The van der Waals surface area contributed by atoms with E-state index in [2.05, 4.69) is 21.2 Å². The van der Waals surface area contributed by atoms with Crippen LogP contribution in [-0.2, 0) is 4.79 Å². The highest BCUT2D eigenvalue weighted by Gasteiger charge is 2.12. The summed E-state index contributed by atoms with van der Waals surface area (Å²) in [6.45, 7) is 0. The highest BCUT2D eigenvalue weighted by atomic mass is 79.9. The number of phenols is 1. The Morgan fingerprint density at radius 1 is 1.35 bits per heavy atom. The molecule has 1 amide bonds. The summed E-state index contributed by atoms with van der Waals surface area (Å²) in [7, 11) is 1.42. The molecule has 0 aliphatic heterocycles. The normalized spacial score (nSPS) is 10.7. The standard InChI is InChI=1S/C17H13BrN2O3/c1-23-16-8-11(14(18)9-15(16)21)7-12(10-19)17(22)20-13-5-3-2-4-6-13/h2-9,21H,1H3,(H,20,22)/b12-7-. The molecular formula is C17H13BrN2O3. The van der Waals surface area contributed by atoms with Crippen LogP contribution in [-0.4, -0.2) is 18.1 Å². The van der Waals surface area contributed by atoms with Crippen LogP contribution in [0.1, 0.15) is 5.56 Å². The number of ether oxygens (including phenoxy) is 1. The van der Waals surface area contributed by atoms with Crippen molar-refractivity contribution in [1.82, 2.24) is 0 Å². The number of para-hydroxylation sites is 1. The van der Waals surface area contributed by atoms with Gasteiger partial charge in [0.25, 0.3) is 5.91 Å². The minimum absolute atomic E-state index is 0.0382. The summed E-state index contributed by atoms with van der Waals surface area (Å²) in [6, 6.07) is 13.7. The number of anilines is 1. The van der Waals surface area contributed by atoms with Gasteiger partial charge in [0.15, 0.2) is 11.5 Å². The average Bonchev–Trinajstić information content (AvgIpc) is 2.55.